The van der Waals surface area contributed by atoms with Crippen molar-refractivity contribution in [3.8, 4) is 17.2 Å². The lowest BCUT2D eigenvalue weighted by Gasteiger charge is -2.21. The summed E-state index contributed by atoms with van der Waals surface area (Å²) >= 11 is 6.11. The summed E-state index contributed by atoms with van der Waals surface area (Å²) in [5.74, 6) is 1.03. The van der Waals surface area contributed by atoms with E-state index in [4.69, 9.17) is 21.1 Å². The molecule has 0 unspecified atom stereocenters. The second-order valence-corrected chi connectivity index (χ2v) is 9.54. The molecule has 0 radical (unpaired) electrons. The van der Waals surface area contributed by atoms with Crippen LogP contribution in [0.3, 0.4) is 0 Å². The van der Waals surface area contributed by atoms with Crippen LogP contribution in [0.2, 0.25) is 5.02 Å². The lowest BCUT2D eigenvalue weighted by atomic mass is 10.2. The number of para-hydroxylation sites is 1. The molecule has 174 valence electrons. The van der Waals surface area contributed by atoms with Crippen LogP contribution in [-0.4, -0.2) is 38.8 Å². The SMILES string of the molecule is CCN(CC(=O)Nc1cc(Cl)ccc1Oc1ccccc1)S(=O)(=O)c1ccc(OC)c(C)c1. The Labute approximate surface area is 198 Å². The van der Waals surface area contributed by atoms with Gasteiger partial charge in [0.25, 0.3) is 0 Å². The molecule has 0 saturated carbocycles. The summed E-state index contributed by atoms with van der Waals surface area (Å²) in [6.45, 7) is 3.17. The third-order valence-corrected chi connectivity index (χ3v) is 7.02. The number of halogens is 1. The average molecular weight is 489 g/mol. The Balaban J connectivity index is 1.79. The number of ether oxygens (including phenoxy) is 2. The number of nitrogens with zero attached hydrogens (tertiary/aromatic N) is 1. The molecule has 9 heteroatoms. The topological polar surface area (TPSA) is 84.9 Å². The van der Waals surface area contributed by atoms with E-state index >= 15 is 0 Å². The summed E-state index contributed by atoms with van der Waals surface area (Å²) in [7, 11) is -2.37. The molecular weight excluding hydrogens is 464 g/mol. The van der Waals surface area contributed by atoms with E-state index in [0.717, 1.165) is 4.31 Å². The maximum absolute atomic E-state index is 13.1. The smallest absolute Gasteiger partial charge is 0.243 e. The molecule has 3 aromatic carbocycles. The van der Waals surface area contributed by atoms with Gasteiger partial charge in [0.1, 0.15) is 11.5 Å². The minimum atomic E-state index is -3.89. The van der Waals surface area contributed by atoms with E-state index in [1.54, 1.807) is 50.2 Å². The highest BCUT2D eigenvalue weighted by molar-refractivity contribution is 7.89. The molecule has 0 atom stereocenters. The van der Waals surface area contributed by atoms with Crippen molar-refractivity contribution in [2.24, 2.45) is 0 Å². The number of carbonyl (C=O) groups is 1. The fourth-order valence-corrected chi connectivity index (χ4v) is 4.84. The van der Waals surface area contributed by atoms with Gasteiger partial charge in [-0.2, -0.15) is 4.31 Å². The quantitative estimate of drug-likeness (QED) is 0.453. The third-order valence-electron chi connectivity index (χ3n) is 4.86. The Morgan fingerprint density at radius 2 is 1.73 bits per heavy atom. The van der Waals surface area contributed by atoms with Crippen molar-refractivity contribution in [1.82, 2.24) is 4.31 Å². The van der Waals surface area contributed by atoms with E-state index in [9.17, 15) is 13.2 Å². The third kappa shape index (κ3) is 6.04. The van der Waals surface area contributed by atoms with Gasteiger partial charge in [-0.25, -0.2) is 8.42 Å². The van der Waals surface area contributed by atoms with Gasteiger partial charge in [0.15, 0.2) is 5.75 Å². The normalized spacial score (nSPS) is 11.3. The molecule has 0 heterocycles. The molecule has 0 aliphatic carbocycles. The molecule has 0 fully saturated rings. The van der Waals surface area contributed by atoms with Gasteiger partial charge in [0.05, 0.1) is 24.2 Å². The van der Waals surface area contributed by atoms with Crippen molar-refractivity contribution in [2.75, 3.05) is 25.5 Å². The zero-order valence-electron chi connectivity index (χ0n) is 18.5. The molecule has 0 saturated heterocycles. The maximum atomic E-state index is 13.1. The second kappa shape index (κ2) is 10.7. The number of rotatable bonds is 9. The molecule has 0 bridgehead atoms. The first-order valence-electron chi connectivity index (χ1n) is 10.2. The Kier molecular flexibility index (Phi) is 7.97. The van der Waals surface area contributed by atoms with Crippen LogP contribution in [0.5, 0.6) is 17.2 Å². The van der Waals surface area contributed by atoms with Crippen molar-refractivity contribution >= 4 is 33.2 Å². The number of amides is 1. The number of aryl methyl sites for hydroxylation is 1. The average Bonchev–Trinajstić information content (AvgIpc) is 2.79. The van der Waals surface area contributed by atoms with Crippen LogP contribution in [0.25, 0.3) is 0 Å². The molecule has 1 N–H and O–H groups in total. The number of carbonyl (C=O) groups excluding carboxylic acids is 1. The Morgan fingerprint density at radius 3 is 2.36 bits per heavy atom. The van der Waals surface area contributed by atoms with Crippen LogP contribution < -0.4 is 14.8 Å². The van der Waals surface area contributed by atoms with Gasteiger partial charge in [0, 0.05) is 11.6 Å². The minimum absolute atomic E-state index is 0.0892. The van der Waals surface area contributed by atoms with E-state index in [1.807, 2.05) is 18.2 Å². The van der Waals surface area contributed by atoms with Gasteiger partial charge < -0.3 is 14.8 Å². The predicted octanol–water partition coefficient (Wildman–Crippen LogP) is 5.10. The summed E-state index contributed by atoms with van der Waals surface area (Å²) in [5, 5.41) is 3.12. The van der Waals surface area contributed by atoms with Crippen molar-refractivity contribution in [1.29, 1.82) is 0 Å². The van der Waals surface area contributed by atoms with E-state index in [2.05, 4.69) is 5.32 Å². The van der Waals surface area contributed by atoms with Crippen molar-refractivity contribution in [3.05, 3.63) is 77.3 Å². The highest BCUT2D eigenvalue weighted by atomic mass is 35.5. The largest absolute Gasteiger partial charge is 0.496 e. The molecule has 0 aliphatic heterocycles. The highest BCUT2D eigenvalue weighted by Gasteiger charge is 2.26. The number of sulfonamides is 1. The monoisotopic (exact) mass is 488 g/mol. The van der Waals surface area contributed by atoms with Crippen molar-refractivity contribution in [2.45, 2.75) is 18.7 Å². The van der Waals surface area contributed by atoms with Crippen LogP contribution in [0, 0.1) is 6.92 Å². The zero-order chi connectivity index (χ0) is 24.0. The minimum Gasteiger partial charge on any atom is -0.496 e. The Bertz CT molecular complexity index is 1230. The molecule has 1 amide bonds. The lowest BCUT2D eigenvalue weighted by Crippen LogP contribution is -2.37. The molecule has 0 aromatic heterocycles. The fourth-order valence-electron chi connectivity index (χ4n) is 3.18. The van der Waals surface area contributed by atoms with E-state index in [1.165, 1.54) is 19.2 Å². The van der Waals surface area contributed by atoms with E-state index < -0.39 is 15.9 Å². The number of hydrogen-bond donors (Lipinski definition) is 1. The number of benzene rings is 3. The Hall–Kier alpha value is -3.07. The summed E-state index contributed by atoms with van der Waals surface area (Å²) in [4.78, 5) is 12.9. The number of methoxy groups -OCH3 is 1. The molecule has 3 aromatic rings. The molecular formula is C24H25ClN2O5S. The molecule has 33 heavy (non-hydrogen) atoms. The standard InChI is InChI=1S/C24H25ClN2O5S/c1-4-27(33(29,30)20-11-13-22(31-3)17(2)14-20)16-24(28)26-21-15-18(25)10-12-23(21)32-19-8-6-5-7-9-19/h5-15H,4,16H2,1-3H3,(H,26,28). The van der Waals surface area contributed by atoms with Crippen LogP contribution >= 0.6 is 11.6 Å². The van der Waals surface area contributed by atoms with Crippen LogP contribution in [0.15, 0.2) is 71.6 Å². The molecule has 7 nitrogen and oxygen atoms in total. The molecule has 0 spiro atoms. The summed E-state index contributed by atoms with van der Waals surface area (Å²) in [6.07, 6.45) is 0. The first-order valence-corrected chi connectivity index (χ1v) is 12.0. The first kappa shape index (κ1) is 24.6. The van der Waals surface area contributed by atoms with E-state index in [0.29, 0.717) is 33.5 Å². The maximum Gasteiger partial charge on any atom is 0.243 e. The van der Waals surface area contributed by atoms with Gasteiger partial charge in [-0.15, -0.1) is 0 Å². The van der Waals surface area contributed by atoms with E-state index in [-0.39, 0.29) is 18.0 Å². The van der Waals surface area contributed by atoms with Gasteiger partial charge in [-0.3, -0.25) is 4.79 Å². The van der Waals surface area contributed by atoms with Crippen LogP contribution in [0.4, 0.5) is 5.69 Å². The zero-order valence-corrected chi connectivity index (χ0v) is 20.1. The van der Waals surface area contributed by atoms with Crippen molar-refractivity contribution in [3.63, 3.8) is 0 Å². The van der Waals surface area contributed by atoms with Crippen LogP contribution in [0.1, 0.15) is 12.5 Å². The number of anilines is 1. The van der Waals surface area contributed by atoms with Gasteiger partial charge >= 0.3 is 0 Å². The number of hydrogen-bond acceptors (Lipinski definition) is 5. The summed E-state index contributed by atoms with van der Waals surface area (Å²) in [6, 6.07) is 18.5. The summed E-state index contributed by atoms with van der Waals surface area (Å²) in [5.41, 5.74) is 1.02. The van der Waals surface area contributed by atoms with Crippen molar-refractivity contribution < 1.29 is 22.7 Å². The second-order valence-electron chi connectivity index (χ2n) is 7.17. The Morgan fingerprint density at radius 1 is 1.03 bits per heavy atom. The fraction of sp³-hybridized carbons (Fsp3) is 0.208. The highest BCUT2D eigenvalue weighted by Crippen LogP contribution is 2.32. The van der Waals surface area contributed by atoms with Gasteiger partial charge in [-0.1, -0.05) is 36.7 Å². The summed E-state index contributed by atoms with van der Waals surface area (Å²) < 4.78 is 38.4. The van der Waals surface area contributed by atoms with Crippen LogP contribution in [-0.2, 0) is 14.8 Å². The van der Waals surface area contributed by atoms with Gasteiger partial charge in [0.2, 0.25) is 15.9 Å². The molecule has 0 aliphatic rings. The predicted molar refractivity (Wildman–Crippen MR) is 129 cm³/mol. The lowest BCUT2D eigenvalue weighted by molar-refractivity contribution is -0.116. The first-order chi connectivity index (χ1) is 15.7. The number of nitrogens with one attached hydrogen (secondary N) is 1. The molecule has 3 rings (SSSR count). The van der Waals surface area contributed by atoms with Gasteiger partial charge in [-0.05, 0) is 61.0 Å². The number of likely N-dealkylation sites (N-methyl/N-ethyl adjacent to an activating group) is 1.